The van der Waals surface area contributed by atoms with E-state index in [4.69, 9.17) is 4.74 Å². The van der Waals surface area contributed by atoms with Gasteiger partial charge in [-0.05, 0) is 19.1 Å². The Balaban J connectivity index is 1.66. The van der Waals surface area contributed by atoms with E-state index in [1.165, 1.54) is 18.4 Å². The summed E-state index contributed by atoms with van der Waals surface area (Å²) in [5.74, 6) is 1.58. The monoisotopic (exact) mass is 388 g/mol. The second-order valence-electron chi connectivity index (χ2n) is 6.82. The molecule has 1 amide bonds. The van der Waals surface area contributed by atoms with Crippen LogP contribution < -0.4 is 4.90 Å². The fourth-order valence-electron chi connectivity index (χ4n) is 2.95. The van der Waals surface area contributed by atoms with Gasteiger partial charge >= 0.3 is 5.97 Å². The molecule has 0 aliphatic carbocycles. The van der Waals surface area contributed by atoms with Crippen molar-refractivity contribution < 1.29 is 14.3 Å². The molecule has 0 atom stereocenters. The van der Waals surface area contributed by atoms with Crippen molar-refractivity contribution in [1.82, 2.24) is 14.9 Å². The lowest BCUT2D eigenvalue weighted by molar-refractivity contribution is 0.0606. The minimum Gasteiger partial charge on any atom is -0.465 e. The Bertz CT molecular complexity index is 841. The highest BCUT2D eigenvalue weighted by molar-refractivity contribution is 7.15. The van der Waals surface area contributed by atoms with Crippen LogP contribution in [0.4, 0.5) is 5.82 Å². The standard InChI is InChI=1S/C19H24N4O3S/c1-12(2)17-20-13(3)11-16(21-17)22-7-9-23(10-8-22)18(24)14-5-6-15(27-14)19(25)26-4/h5-6,11-12H,7-10H2,1-4H3. The Labute approximate surface area is 163 Å². The van der Waals surface area contributed by atoms with Crippen molar-refractivity contribution >= 4 is 29.0 Å². The third-order valence-corrected chi connectivity index (χ3v) is 5.52. The number of carbonyl (C=O) groups is 2. The summed E-state index contributed by atoms with van der Waals surface area (Å²) >= 11 is 1.17. The third kappa shape index (κ3) is 4.27. The summed E-state index contributed by atoms with van der Waals surface area (Å²) in [6.45, 7) is 8.81. The van der Waals surface area contributed by atoms with E-state index >= 15 is 0 Å². The first-order valence-corrected chi connectivity index (χ1v) is 9.78. The predicted octanol–water partition coefficient (Wildman–Crippen LogP) is 2.72. The molecular formula is C19H24N4O3S. The van der Waals surface area contributed by atoms with Gasteiger partial charge in [0, 0.05) is 43.9 Å². The maximum absolute atomic E-state index is 12.7. The summed E-state index contributed by atoms with van der Waals surface area (Å²) in [7, 11) is 1.34. The maximum Gasteiger partial charge on any atom is 0.348 e. The zero-order chi connectivity index (χ0) is 19.6. The molecule has 0 aromatic carbocycles. The lowest BCUT2D eigenvalue weighted by Gasteiger charge is -2.35. The van der Waals surface area contributed by atoms with Crippen LogP contribution in [0.2, 0.25) is 0 Å². The molecule has 7 nitrogen and oxygen atoms in total. The molecule has 0 radical (unpaired) electrons. The maximum atomic E-state index is 12.7. The van der Waals surface area contributed by atoms with Gasteiger partial charge in [-0.15, -0.1) is 11.3 Å². The van der Waals surface area contributed by atoms with Gasteiger partial charge in [-0.2, -0.15) is 0 Å². The van der Waals surface area contributed by atoms with E-state index in [9.17, 15) is 9.59 Å². The van der Waals surface area contributed by atoms with Crippen molar-refractivity contribution in [3.8, 4) is 0 Å². The summed E-state index contributed by atoms with van der Waals surface area (Å²) in [6.07, 6.45) is 0. The first-order valence-electron chi connectivity index (χ1n) is 8.97. The van der Waals surface area contributed by atoms with Crippen molar-refractivity contribution in [2.75, 3.05) is 38.2 Å². The molecule has 2 aromatic rings. The highest BCUT2D eigenvalue weighted by Gasteiger charge is 2.25. The number of rotatable bonds is 4. The summed E-state index contributed by atoms with van der Waals surface area (Å²) < 4.78 is 4.70. The van der Waals surface area contributed by atoms with Crippen molar-refractivity contribution in [3.63, 3.8) is 0 Å². The smallest absolute Gasteiger partial charge is 0.348 e. The van der Waals surface area contributed by atoms with Gasteiger partial charge in [0.2, 0.25) is 0 Å². The second-order valence-corrected chi connectivity index (χ2v) is 7.90. The normalized spacial score (nSPS) is 14.6. The van der Waals surface area contributed by atoms with Crippen LogP contribution in [0.15, 0.2) is 18.2 Å². The van der Waals surface area contributed by atoms with E-state index in [2.05, 4.69) is 28.7 Å². The Morgan fingerprint density at radius 1 is 1.11 bits per heavy atom. The number of aryl methyl sites for hydroxylation is 1. The number of aromatic nitrogens is 2. The number of amides is 1. The molecule has 2 aromatic heterocycles. The molecule has 3 rings (SSSR count). The SMILES string of the molecule is COC(=O)c1ccc(C(=O)N2CCN(c3cc(C)nc(C(C)C)n3)CC2)s1. The van der Waals surface area contributed by atoms with Gasteiger partial charge < -0.3 is 14.5 Å². The number of piperazine rings is 1. The summed E-state index contributed by atoms with van der Waals surface area (Å²) in [6, 6.07) is 5.32. The topological polar surface area (TPSA) is 75.6 Å². The zero-order valence-corrected chi connectivity index (χ0v) is 16.9. The molecule has 1 fully saturated rings. The van der Waals surface area contributed by atoms with Crippen molar-refractivity contribution in [1.29, 1.82) is 0 Å². The zero-order valence-electron chi connectivity index (χ0n) is 16.1. The van der Waals surface area contributed by atoms with Crippen molar-refractivity contribution in [2.45, 2.75) is 26.7 Å². The number of carbonyl (C=O) groups excluding carboxylic acids is 2. The Kier molecular flexibility index (Phi) is 5.74. The molecule has 1 aliphatic rings. The number of esters is 1. The van der Waals surface area contributed by atoms with Gasteiger partial charge in [-0.3, -0.25) is 4.79 Å². The minimum absolute atomic E-state index is 0.0449. The molecule has 1 aliphatic heterocycles. The summed E-state index contributed by atoms with van der Waals surface area (Å²) in [4.78, 5) is 38.5. The fraction of sp³-hybridized carbons (Fsp3) is 0.474. The van der Waals surface area contributed by atoms with Gasteiger partial charge in [0.05, 0.1) is 12.0 Å². The molecular weight excluding hydrogens is 364 g/mol. The lowest BCUT2D eigenvalue weighted by Crippen LogP contribution is -2.49. The third-order valence-electron chi connectivity index (χ3n) is 4.47. The largest absolute Gasteiger partial charge is 0.465 e. The second kappa shape index (κ2) is 8.04. The number of methoxy groups -OCH3 is 1. The average Bonchev–Trinajstić information content (AvgIpc) is 3.16. The van der Waals surface area contributed by atoms with E-state index in [0.29, 0.717) is 22.8 Å². The molecule has 144 valence electrons. The fourth-order valence-corrected chi connectivity index (χ4v) is 3.84. The van der Waals surface area contributed by atoms with Gasteiger partial charge in [0.15, 0.2) is 0 Å². The number of hydrogen-bond acceptors (Lipinski definition) is 7. The predicted molar refractivity (Wildman–Crippen MR) is 105 cm³/mol. The van der Waals surface area contributed by atoms with Crippen LogP contribution in [0.5, 0.6) is 0 Å². The highest BCUT2D eigenvalue weighted by atomic mass is 32.1. The lowest BCUT2D eigenvalue weighted by atomic mass is 10.2. The van der Waals surface area contributed by atoms with Crippen LogP contribution >= 0.6 is 11.3 Å². The van der Waals surface area contributed by atoms with Gasteiger partial charge in [-0.1, -0.05) is 13.8 Å². The number of thiophene rings is 1. The van der Waals surface area contributed by atoms with Crippen LogP contribution in [0, 0.1) is 6.92 Å². The van der Waals surface area contributed by atoms with E-state index in [-0.39, 0.29) is 11.8 Å². The van der Waals surface area contributed by atoms with E-state index in [1.54, 1.807) is 12.1 Å². The van der Waals surface area contributed by atoms with Crippen molar-refractivity contribution in [2.24, 2.45) is 0 Å². The van der Waals surface area contributed by atoms with Crippen LogP contribution in [0.3, 0.4) is 0 Å². The number of hydrogen-bond donors (Lipinski definition) is 0. The summed E-state index contributed by atoms with van der Waals surface area (Å²) in [5, 5.41) is 0. The van der Waals surface area contributed by atoms with E-state index in [0.717, 1.165) is 30.4 Å². The Morgan fingerprint density at radius 2 is 1.78 bits per heavy atom. The highest BCUT2D eigenvalue weighted by Crippen LogP contribution is 2.22. The van der Waals surface area contributed by atoms with E-state index in [1.807, 2.05) is 17.9 Å². The van der Waals surface area contributed by atoms with Crippen LogP contribution in [-0.2, 0) is 4.74 Å². The summed E-state index contributed by atoms with van der Waals surface area (Å²) in [5.41, 5.74) is 0.955. The van der Waals surface area contributed by atoms with Gasteiger partial charge in [-0.25, -0.2) is 14.8 Å². The molecule has 0 bridgehead atoms. The number of nitrogens with zero attached hydrogens (tertiary/aromatic N) is 4. The molecule has 0 N–H and O–H groups in total. The van der Waals surface area contributed by atoms with Crippen LogP contribution in [-0.4, -0.2) is 60.0 Å². The first-order chi connectivity index (χ1) is 12.9. The number of anilines is 1. The molecule has 0 saturated carbocycles. The number of ether oxygens (including phenoxy) is 1. The molecule has 8 heteroatoms. The molecule has 27 heavy (non-hydrogen) atoms. The quantitative estimate of drug-likeness (QED) is 0.750. The molecule has 0 spiro atoms. The van der Waals surface area contributed by atoms with Crippen molar-refractivity contribution in [3.05, 3.63) is 39.5 Å². The molecule has 0 unspecified atom stereocenters. The van der Waals surface area contributed by atoms with Gasteiger partial charge in [0.1, 0.15) is 16.5 Å². The van der Waals surface area contributed by atoms with Crippen LogP contribution in [0.1, 0.15) is 50.6 Å². The minimum atomic E-state index is -0.413. The van der Waals surface area contributed by atoms with E-state index < -0.39 is 5.97 Å². The Hall–Kier alpha value is -2.48. The molecule has 3 heterocycles. The molecule has 1 saturated heterocycles. The van der Waals surface area contributed by atoms with Gasteiger partial charge in [0.25, 0.3) is 5.91 Å². The Morgan fingerprint density at radius 3 is 2.41 bits per heavy atom. The van der Waals surface area contributed by atoms with Crippen LogP contribution in [0.25, 0.3) is 0 Å². The average molecular weight is 388 g/mol. The first kappa shape index (κ1) is 19.3.